The summed E-state index contributed by atoms with van der Waals surface area (Å²) in [7, 11) is 0. The van der Waals surface area contributed by atoms with Crippen LogP contribution >= 0.6 is 11.3 Å². The van der Waals surface area contributed by atoms with Crippen LogP contribution in [0.1, 0.15) is 0 Å². The number of fused-ring (bicyclic) bond motifs is 8. The lowest BCUT2D eigenvalue weighted by molar-refractivity contribution is 0.669. The summed E-state index contributed by atoms with van der Waals surface area (Å²) in [6, 6.07) is 63.1. The number of rotatable bonds is 5. The van der Waals surface area contributed by atoms with Crippen LogP contribution in [0.2, 0.25) is 0 Å². The van der Waals surface area contributed by atoms with Crippen molar-refractivity contribution in [2.24, 2.45) is 0 Å². The van der Waals surface area contributed by atoms with Crippen molar-refractivity contribution in [1.82, 2.24) is 0 Å². The SMILES string of the molecule is c1ccc(-c2ccc(N(c3cc4c5cc(-c6ccccc6)ccc5sc4c4ccccc34)c3cccc4c3oc3ccccc34)cc2)cc1. The Hall–Kier alpha value is -6.16. The van der Waals surface area contributed by atoms with Crippen LogP contribution in [-0.4, -0.2) is 0 Å². The maximum Gasteiger partial charge on any atom is 0.159 e. The van der Waals surface area contributed by atoms with Crippen LogP contribution in [-0.2, 0) is 0 Å². The van der Waals surface area contributed by atoms with Crippen LogP contribution in [0.5, 0.6) is 0 Å². The quantitative estimate of drug-likeness (QED) is 0.186. The molecule has 0 unspecified atom stereocenters. The van der Waals surface area contributed by atoms with Crippen LogP contribution in [0.3, 0.4) is 0 Å². The van der Waals surface area contributed by atoms with E-state index in [0.29, 0.717) is 0 Å². The van der Waals surface area contributed by atoms with Crippen LogP contribution in [0.4, 0.5) is 17.1 Å². The van der Waals surface area contributed by atoms with Gasteiger partial charge in [-0.05, 0) is 64.7 Å². The standard InChI is InChI=1S/C46H29NOS/c1-3-12-30(13-4-1)32-22-25-34(26-23-32)47(41-20-11-19-37-36-17-9-10-21-43(36)48-45(37)41)42-29-40-39-28-33(31-14-5-2-6-15-31)24-27-44(39)49-46(40)38-18-8-7-16-35(38)42/h1-29H. The third-order valence-electron chi connectivity index (χ3n) is 9.66. The van der Waals surface area contributed by atoms with Gasteiger partial charge in [-0.25, -0.2) is 0 Å². The average molecular weight is 644 g/mol. The molecule has 10 rings (SSSR count). The van der Waals surface area contributed by atoms with E-state index >= 15 is 0 Å². The van der Waals surface area contributed by atoms with E-state index in [2.05, 4.69) is 175 Å². The number of benzene rings is 8. The van der Waals surface area contributed by atoms with E-state index in [-0.39, 0.29) is 0 Å². The first-order chi connectivity index (χ1) is 24.3. The smallest absolute Gasteiger partial charge is 0.159 e. The minimum Gasteiger partial charge on any atom is -0.454 e. The normalized spacial score (nSPS) is 11.7. The summed E-state index contributed by atoms with van der Waals surface area (Å²) in [4.78, 5) is 2.39. The predicted octanol–water partition coefficient (Wildman–Crippen LogP) is 13.9. The van der Waals surface area contributed by atoms with Gasteiger partial charge in [0.05, 0.1) is 11.4 Å². The molecule has 0 fully saturated rings. The molecule has 0 aliphatic heterocycles. The molecule has 0 aliphatic rings. The van der Waals surface area contributed by atoms with Crippen molar-refractivity contribution in [3.05, 3.63) is 176 Å². The van der Waals surface area contributed by atoms with Gasteiger partial charge in [-0.2, -0.15) is 0 Å². The molecule has 0 saturated heterocycles. The fourth-order valence-electron chi connectivity index (χ4n) is 7.32. The molecular weight excluding hydrogens is 615 g/mol. The van der Waals surface area contributed by atoms with Gasteiger partial charge in [-0.1, -0.05) is 133 Å². The van der Waals surface area contributed by atoms with Crippen molar-refractivity contribution in [2.45, 2.75) is 0 Å². The summed E-state index contributed by atoms with van der Waals surface area (Å²) < 4.78 is 9.27. The van der Waals surface area contributed by atoms with E-state index in [9.17, 15) is 0 Å². The van der Waals surface area contributed by atoms with Crippen molar-refractivity contribution in [1.29, 1.82) is 0 Å². The lowest BCUT2D eigenvalue weighted by Crippen LogP contribution is -2.11. The first-order valence-electron chi connectivity index (χ1n) is 16.6. The molecule has 8 aromatic carbocycles. The average Bonchev–Trinajstić information content (AvgIpc) is 3.75. The van der Waals surface area contributed by atoms with Gasteiger partial charge in [-0.3, -0.25) is 0 Å². The first-order valence-corrected chi connectivity index (χ1v) is 17.4. The van der Waals surface area contributed by atoms with E-state index in [1.807, 2.05) is 17.4 Å². The molecule has 2 nitrogen and oxygen atoms in total. The fourth-order valence-corrected chi connectivity index (χ4v) is 8.53. The number of hydrogen-bond acceptors (Lipinski definition) is 3. The van der Waals surface area contributed by atoms with Gasteiger partial charge < -0.3 is 9.32 Å². The Morgan fingerprint density at radius 3 is 1.78 bits per heavy atom. The zero-order valence-corrected chi connectivity index (χ0v) is 27.3. The minimum absolute atomic E-state index is 0.876. The maximum atomic E-state index is 6.68. The van der Waals surface area contributed by atoms with Gasteiger partial charge in [0, 0.05) is 47.4 Å². The maximum absolute atomic E-state index is 6.68. The molecular formula is C46H29NOS. The molecule has 0 atom stereocenters. The second kappa shape index (κ2) is 11.2. The Labute approximate surface area is 287 Å². The second-order valence-electron chi connectivity index (χ2n) is 12.5. The molecule has 230 valence electrons. The number of furan rings is 1. The topological polar surface area (TPSA) is 16.4 Å². The zero-order valence-electron chi connectivity index (χ0n) is 26.5. The molecule has 3 heteroatoms. The summed E-state index contributed by atoms with van der Waals surface area (Å²) in [6.07, 6.45) is 0. The number of hydrogen-bond donors (Lipinski definition) is 0. The lowest BCUT2D eigenvalue weighted by atomic mass is 9.99. The largest absolute Gasteiger partial charge is 0.454 e. The molecule has 2 aromatic heterocycles. The van der Waals surface area contributed by atoms with E-state index in [0.717, 1.165) is 39.0 Å². The molecule has 0 radical (unpaired) electrons. The van der Waals surface area contributed by atoms with Gasteiger partial charge in [0.25, 0.3) is 0 Å². The molecule has 0 N–H and O–H groups in total. The molecule has 0 bridgehead atoms. The summed E-state index contributed by atoms with van der Waals surface area (Å²) in [5.74, 6) is 0. The highest BCUT2D eigenvalue weighted by atomic mass is 32.1. The van der Waals surface area contributed by atoms with E-state index in [1.165, 1.54) is 53.2 Å². The van der Waals surface area contributed by atoms with Crippen LogP contribution in [0.15, 0.2) is 180 Å². The Balaban J connectivity index is 1.27. The van der Waals surface area contributed by atoms with E-state index < -0.39 is 0 Å². The molecule has 49 heavy (non-hydrogen) atoms. The molecule has 0 aliphatic carbocycles. The van der Waals surface area contributed by atoms with Crippen LogP contribution < -0.4 is 4.90 Å². The number of anilines is 3. The van der Waals surface area contributed by atoms with Gasteiger partial charge in [-0.15, -0.1) is 11.3 Å². The summed E-state index contributed by atoms with van der Waals surface area (Å²) in [6.45, 7) is 0. The predicted molar refractivity (Wildman–Crippen MR) is 210 cm³/mol. The highest BCUT2D eigenvalue weighted by molar-refractivity contribution is 7.26. The second-order valence-corrected chi connectivity index (χ2v) is 13.5. The van der Waals surface area contributed by atoms with E-state index in [4.69, 9.17) is 4.42 Å². The van der Waals surface area contributed by atoms with Crippen molar-refractivity contribution >= 4 is 81.3 Å². The number of thiophene rings is 1. The highest BCUT2D eigenvalue weighted by Crippen LogP contribution is 2.49. The van der Waals surface area contributed by atoms with Gasteiger partial charge in [0.1, 0.15) is 5.58 Å². The molecule has 10 aromatic rings. The minimum atomic E-state index is 0.876. The molecule has 0 saturated carbocycles. The van der Waals surface area contributed by atoms with Gasteiger partial charge in [0.2, 0.25) is 0 Å². The Morgan fingerprint density at radius 1 is 0.388 bits per heavy atom. The molecule has 2 heterocycles. The third kappa shape index (κ3) is 4.55. The Morgan fingerprint density at radius 2 is 1.00 bits per heavy atom. The summed E-state index contributed by atoms with van der Waals surface area (Å²) in [5, 5.41) is 7.21. The summed E-state index contributed by atoms with van der Waals surface area (Å²) >= 11 is 1.88. The summed E-state index contributed by atoms with van der Waals surface area (Å²) in [5.41, 5.74) is 9.80. The monoisotopic (exact) mass is 643 g/mol. The Kier molecular flexibility index (Phi) is 6.39. The van der Waals surface area contributed by atoms with Gasteiger partial charge >= 0.3 is 0 Å². The van der Waals surface area contributed by atoms with Crippen molar-refractivity contribution in [3.63, 3.8) is 0 Å². The number of nitrogens with zero attached hydrogens (tertiary/aromatic N) is 1. The molecule has 0 amide bonds. The van der Waals surface area contributed by atoms with Crippen molar-refractivity contribution < 1.29 is 4.42 Å². The third-order valence-corrected chi connectivity index (χ3v) is 10.9. The zero-order chi connectivity index (χ0) is 32.3. The fraction of sp³-hybridized carbons (Fsp3) is 0. The first kappa shape index (κ1) is 27.9. The van der Waals surface area contributed by atoms with Crippen LogP contribution in [0, 0.1) is 0 Å². The molecule has 0 spiro atoms. The van der Waals surface area contributed by atoms with Crippen molar-refractivity contribution in [3.8, 4) is 22.3 Å². The van der Waals surface area contributed by atoms with E-state index in [1.54, 1.807) is 0 Å². The Bertz CT molecular complexity index is 2810. The van der Waals surface area contributed by atoms with Gasteiger partial charge in [0.15, 0.2) is 5.58 Å². The van der Waals surface area contributed by atoms with Crippen molar-refractivity contribution in [2.75, 3.05) is 4.90 Å². The number of para-hydroxylation sites is 2. The van der Waals surface area contributed by atoms with Crippen LogP contribution in [0.25, 0.3) is 75.1 Å². The highest BCUT2D eigenvalue weighted by Gasteiger charge is 2.23. The lowest BCUT2D eigenvalue weighted by Gasteiger charge is -2.27.